The Morgan fingerprint density at radius 3 is 2.74 bits per heavy atom. The lowest BCUT2D eigenvalue weighted by molar-refractivity contribution is 0.0527. The Balaban J connectivity index is 1.82. The number of benzene rings is 2. The zero-order valence-corrected chi connectivity index (χ0v) is 15.7. The van der Waals surface area contributed by atoms with Gasteiger partial charge in [0.1, 0.15) is 11.3 Å². The monoisotopic (exact) mass is 378 g/mol. The van der Waals surface area contributed by atoms with Gasteiger partial charge in [-0.3, -0.25) is 4.68 Å². The van der Waals surface area contributed by atoms with Gasteiger partial charge in [-0.2, -0.15) is 5.10 Å². The summed E-state index contributed by atoms with van der Waals surface area (Å²) in [6.45, 7) is 2.88. The van der Waals surface area contributed by atoms with Crippen LogP contribution in [0, 0.1) is 0 Å². The topological polar surface area (TPSA) is 44.1 Å². The van der Waals surface area contributed by atoms with Gasteiger partial charge < -0.3 is 4.74 Å². The lowest BCUT2D eigenvalue weighted by atomic mass is 9.95. The maximum atomic E-state index is 12.7. The Morgan fingerprint density at radius 2 is 1.96 bits per heavy atom. The number of rotatable bonds is 4. The summed E-state index contributed by atoms with van der Waals surface area (Å²) < 4.78 is 7.25. The Bertz CT molecular complexity index is 1020. The van der Waals surface area contributed by atoms with Crippen LogP contribution >= 0.6 is 11.6 Å². The minimum atomic E-state index is -0.341. The summed E-state index contributed by atoms with van der Waals surface area (Å²) in [5, 5.41) is 5.38. The second kappa shape index (κ2) is 7.41. The highest BCUT2D eigenvalue weighted by Crippen LogP contribution is 2.34. The number of aromatic nitrogens is 2. The van der Waals surface area contributed by atoms with Crippen LogP contribution in [-0.2, 0) is 17.7 Å². The number of esters is 1. The molecule has 1 aliphatic rings. The third-order valence-corrected chi connectivity index (χ3v) is 4.88. The summed E-state index contributed by atoms with van der Waals surface area (Å²) >= 11 is 5.95. The molecule has 1 aliphatic heterocycles. The number of carbonyl (C=O) groups is 1. The molecule has 0 aliphatic carbocycles. The highest BCUT2D eigenvalue weighted by molar-refractivity contribution is 6.30. The number of carbonyl (C=O) groups excluding carboxylic acids is 1. The highest BCUT2D eigenvalue weighted by atomic mass is 35.5. The van der Waals surface area contributed by atoms with Crippen molar-refractivity contribution in [2.24, 2.45) is 0 Å². The molecule has 5 heteroatoms. The summed E-state index contributed by atoms with van der Waals surface area (Å²) in [7, 11) is 0. The molecule has 0 atom stereocenters. The van der Waals surface area contributed by atoms with E-state index in [1.54, 1.807) is 0 Å². The van der Waals surface area contributed by atoms with Crippen LogP contribution in [0.25, 0.3) is 23.4 Å². The fourth-order valence-corrected chi connectivity index (χ4v) is 3.51. The summed E-state index contributed by atoms with van der Waals surface area (Å²) in [6, 6.07) is 15.7. The van der Waals surface area contributed by atoms with Gasteiger partial charge in [0.15, 0.2) is 0 Å². The molecular formula is C22H19ClN2O2. The Hall–Kier alpha value is -2.85. The van der Waals surface area contributed by atoms with E-state index in [9.17, 15) is 4.79 Å². The van der Waals surface area contributed by atoms with Crippen molar-refractivity contribution >= 4 is 29.7 Å². The van der Waals surface area contributed by atoms with Crippen molar-refractivity contribution in [1.82, 2.24) is 9.78 Å². The Labute approximate surface area is 163 Å². The molecule has 0 N–H and O–H groups in total. The first-order valence-electron chi connectivity index (χ1n) is 8.97. The van der Waals surface area contributed by atoms with E-state index < -0.39 is 0 Å². The van der Waals surface area contributed by atoms with Crippen LogP contribution in [0.15, 0.2) is 48.5 Å². The van der Waals surface area contributed by atoms with Gasteiger partial charge in [-0.25, -0.2) is 4.79 Å². The first-order valence-corrected chi connectivity index (χ1v) is 9.35. The molecule has 0 radical (unpaired) electrons. The number of ether oxygens (including phenoxy) is 1. The summed E-state index contributed by atoms with van der Waals surface area (Å²) in [4.78, 5) is 12.7. The fraction of sp³-hybridized carbons (Fsp3) is 0.182. The van der Waals surface area contributed by atoms with Gasteiger partial charge in [0.05, 0.1) is 12.3 Å². The van der Waals surface area contributed by atoms with Gasteiger partial charge in [0.25, 0.3) is 0 Å². The average Bonchev–Trinajstić information content (AvgIpc) is 3.07. The molecule has 1 aromatic heterocycles. The summed E-state index contributed by atoms with van der Waals surface area (Å²) in [5.74, 6) is -0.341. The summed E-state index contributed by atoms with van der Waals surface area (Å²) in [6.07, 6.45) is 4.69. The van der Waals surface area contributed by atoms with Crippen LogP contribution in [0.4, 0.5) is 0 Å². The molecule has 3 aromatic rings. The SMILES string of the molecule is CCOC(=O)c1c(/C=C/c2ccc(Cl)cc2)nn2c1-c1ccccc1CC2. The third-order valence-electron chi connectivity index (χ3n) is 4.63. The van der Waals surface area contributed by atoms with Gasteiger partial charge in [-0.05, 0) is 42.7 Å². The predicted octanol–water partition coefficient (Wildman–Crippen LogP) is 5.11. The van der Waals surface area contributed by atoms with Gasteiger partial charge in [0.2, 0.25) is 0 Å². The van der Waals surface area contributed by atoms with Crippen molar-refractivity contribution in [2.45, 2.75) is 19.9 Å². The quantitative estimate of drug-likeness (QED) is 0.593. The number of halogens is 1. The molecule has 0 bridgehead atoms. The van der Waals surface area contributed by atoms with Crippen LogP contribution in [0.5, 0.6) is 0 Å². The van der Waals surface area contributed by atoms with Gasteiger partial charge in [0, 0.05) is 17.1 Å². The Morgan fingerprint density at radius 1 is 1.19 bits per heavy atom. The average molecular weight is 379 g/mol. The van der Waals surface area contributed by atoms with Gasteiger partial charge in [-0.15, -0.1) is 0 Å². The zero-order chi connectivity index (χ0) is 18.8. The smallest absolute Gasteiger partial charge is 0.342 e. The van der Waals surface area contributed by atoms with Crippen LogP contribution in [0.1, 0.15) is 34.1 Å². The number of fused-ring (bicyclic) bond motifs is 3. The molecular weight excluding hydrogens is 360 g/mol. The molecule has 4 nitrogen and oxygen atoms in total. The first-order chi connectivity index (χ1) is 13.2. The molecule has 0 unspecified atom stereocenters. The number of hydrogen-bond donors (Lipinski definition) is 0. The van der Waals surface area contributed by atoms with Crippen molar-refractivity contribution in [3.05, 3.63) is 75.9 Å². The molecule has 2 heterocycles. The number of hydrogen-bond acceptors (Lipinski definition) is 3. The van der Waals surface area contributed by atoms with E-state index in [4.69, 9.17) is 16.3 Å². The standard InChI is InChI=1S/C22H19ClN2O2/c1-2-27-22(26)20-19(12-9-15-7-10-17(23)11-8-15)24-25-14-13-16-5-3-4-6-18(16)21(20)25/h3-12H,2,13-14H2,1H3/b12-9+. The van der Waals surface area contributed by atoms with E-state index in [0.717, 1.165) is 29.8 Å². The van der Waals surface area contributed by atoms with E-state index in [1.807, 2.05) is 66.2 Å². The first kappa shape index (κ1) is 17.6. The number of nitrogens with zero attached hydrogens (tertiary/aromatic N) is 2. The maximum absolute atomic E-state index is 12.7. The fourth-order valence-electron chi connectivity index (χ4n) is 3.38. The van der Waals surface area contributed by atoms with Crippen LogP contribution in [0.3, 0.4) is 0 Å². The van der Waals surface area contributed by atoms with Crippen molar-refractivity contribution in [2.75, 3.05) is 6.61 Å². The largest absolute Gasteiger partial charge is 0.462 e. The second-order valence-electron chi connectivity index (χ2n) is 6.34. The van der Waals surface area contributed by atoms with E-state index in [0.29, 0.717) is 22.9 Å². The molecule has 4 rings (SSSR count). The highest BCUT2D eigenvalue weighted by Gasteiger charge is 2.28. The normalized spacial score (nSPS) is 12.7. The van der Waals surface area contributed by atoms with E-state index in [2.05, 4.69) is 11.2 Å². The van der Waals surface area contributed by atoms with E-state index >= 15 is 0 Å². The third kappa shape index (κ3) is 3.40. The minimum absolute atomic E-state index is 0.325. The molecule has 0 fully saturated rings. The van der Waals surface area contributed by atoms with Crippen molar-refractivity contribution in [3.63, 3.8) is 0 Å². The molecule has 0 spiro atoms. The van der Waals surface area contributed by atoms with E-state index in [1.165, 1.54) is 5.56 Å². The molecule has 27 heavy (non-hydrogen) atoms. The van der Waals surface area contributed by atoms with Gasteiger partial charge in [-0.1, -0.05) is 54.1 Å². The second-order valence-corrected chi connectivity index (χ2v) is 6.78. The van der Waals surface area contributed by atoms with Crippen LogP contribution in [0.2, 0.25) is 5.02 Å². The van der Waals surface area contributed by atoms with Crippen molar-refractivity contribution in [1.29, 1.82) is 0 Å². The minimum Gasteiger partial charge on any atom is -0.462 e. The molecule has 2 aromatic carbocycles. The van der Waals surface area contributed by atoms with Crippen LogP contribution in [-0.4, -0.2) is 22.4 Å². The maximum Gasteiger partial charge on any atom is 0.342 e. The molecule has 0 saturated carbocycles. The van der Waals surface area contributed by atoms with E-state index in [-0.39, 0.29) is 5.97 Å². The predicted molar refractivity (Wildman–Crippen MR) is 108 cm³/mol. The Kier molecular flexibility index (Phi) is 4.82. The molecule has 136 valence electrons. The van der Waals surface area contributed by atoms with Gasteiger partial charge >= 0.3 is 5.97 Å². The zero-order valence-electron chi connectivity index (χ0n) is 15.0. The molecule has 0 amide bonds. The van der Waals surface area contributed by atoms with Crippen molar-refractivity contribution in [3.8, 4) is 11.3 Å². The van der Waals surface area contributed by atoms with Crippen LogP contribution < -0.4 is 0 Å². The number of aryl methyl sites for hydroxylation is 2. The lowest BCUT2D eigenvalue weighted by Crippen LogP contribution is -2.14. The molecule has 0 saturated heterocycles. The summed E-state index contributed by atoms with van der Waals surface area (Å²) in [5.41, 5.74) is 5.24. The van der Waals surface area contributed by atoms with Crippen molar-refractivity contribution < 1.29 is 9.53 Å². The lowest BCUT2D eigenvalue weighted by Gasteiger charge is -2.18.